The fraction of sp³-hybridized carbons (Fsp3) is 0.667. The number of nitrogens with one attached hydrogen (secondary N) is 1. The van der Waals surface area contributed by atoms with Crippen LogP contribution in [-0.2, 0) is 6.42 Å². The summed E-state index contributed by atoms with van der Waals surface area (Å²) in [6, 6.07) is 0.444. The summed E-state index contributed by atoms with van der Waals surface area (Å²) in [4.78, 5) is 11.6. The van der Waals surface area contributed by atoms with Crippen molar-refractivity contribution in [3.05, 3.63) is 22.1 Å². The van der Waals surface area contributed by atoms with Crippen LogP contribution in [0.4, 0.5) is 0 Å². The number of aryl methyl sites for hydroxylation is 1. The van der Waals surface area contributed by atoms with Gasteiger partial charge in [0.2, 0.25) is 0 Å². The maximum absolute atomic E-state index is 11.6. The summed E-state index contributed by atoms with van der Waals surface area (Å²) in [6.07, 6.45) is 5.77. The molecule has 4 heteroatoms. The molecule has 0 saturated heterocycles. The molecule has 2 rings (SSSR count). The van der Waals surface area contributed by atoms with E-state index >= 15 is 0 Å². The molecule has 3 N–H and O–H groups in total. The molecule has 4 nitrogen and oxygen atoms in total. The third-order valence-corrected chi connectivity index (χ3v) is 2.43. The van der Waals surface area contributed by atoms with E-state index in [9.17, 15) is 4.79 Å². The van der Waals surface area contributed by atoms with Gasteiger partial charge in [0.15, 0.2) is 0 Å². The first-order valence-corrected chi connectivity index (χ1v) is 4.82. The highest BCUT2D eigenvalue weighted by molar-refractivity contribution is 5.06. The quantitative estimate of drug-likeness (QED) is 0.706. The minimum absolute atomic E-state index is 0.149. The number of rotatable bonds is 4. The van der Waals surface area contributed by atoms with E-state index in [1.807, 2.05) is 6.20 Å². The molecule has 0 spiro atoms. The molecule has 1 aromatic heterocycles. The Hall–Kier alpha value is -1.03. The normalized spacial score (nSPS) is 16.4. The Morgan fingerprint density at radius 1 is 1.62 bits per heavy atom. The molecule has 0 unspecified atom stereocenters. The van der Waals surface area contributed by atoms with Crippen molar-refractivity contribution >= 4 is 0 Å². The van der Waals surface area contributed by atoms with Gasteiger partial charge in [-0.3, -0.25) is 4.79 Å². The molecule has 1 fully saturated rings. The average molecular weight is 181 g/mol. The first-order valence-electron chi connectivity index (χ1n) is 4.82. The number of aromatic amines is 1. The maximum atomic E-state index is 11.6. The van der Waals surface area contributed by atoms with Crippen molar-refractivity contribution < 1.29 is 0 Å². The Morgan fingerprint density at radius 3 is 3.00 bits per heavy atom. The van der Waals surface area contributed by atoms with Crippen LogP contribution in [-0.4, -0.2) is 16.3 Å². The van der Waals surface area contributed by atoms with Crippen LogP contribution in [0.3, 0.4) is 0 Å². The number of nitrogens with zero attached hydrogens (tertiary/aromatic N) is 1. The molecule has 13 heavy (non-hydrogen) atoms. The topological polar surface area (TPSA) is 63.8 Å². The second-order valence-corrected chi connectivity index (χ2v) is 3.60. The van der Waals surface area contributed by atoms with Crippen LogP contribution in [0, 0.1) is 0 Å². The number of hydrogen-bond acceptors (Lipinski definition) is 2. The number of nitrogens with two attached hydrogens (primary N) is 1. The molecule has 0 atom stereocenters. The molecule has 72 valence electrons. The van der Waals surface area contributed by atoms with Crippen molar-refractivity contribution in [3.8, 4) is 0 Å². The molecule has 1 aromatic rings. The molecule has 0 bridgehead atoms. The zero-order chi connectivity index (χ0) is 9.26. The summed E-state index contributed by atoms with van der Waals surface area (Å²) in [5.74, 6) is 0. The van der Waals surface area contributed by atoms with E-state index < -0.39 is 0 Å². The lowest BCUT2D eigenvalue weighted by atomic mass is 10.2. The molecule has 0 amide bonds. The molecule has 0 radical (unpaired) electrons. The maximum Gasteiger partial charge on any atom is 0.269 e. The summed E-state index contributed by atoms with van der Waals surface area (Å²) in [5.41, 5.74) is 6.41. The second-order valence-electron chi connectivity index (χ2n) is 3.60. The highest BCUT2D eigenvalue weighted by Crippen LogP contribution is 2.32. The van der Waals surface area contributed by atoms with Gasteiger partial charge in [-0.15, -0.1) is 0 Å². The Labute approximate surface area is 76.7 Å². The van der Waals surface area contributed by atoms with Crippen molar-refractivity contribution in [2.24, 2.45) is 5.73 Å². The lowest BCUT2D eigenvalue weighted by Gasteiger charge is -1.94. The fourth-order valence-corrected chi connectivity index (χ4v) is 1.50. The van der Waals surface area contributed by atoms with Gasteiger partial charge < -0.3 is 10.8 Å². The third kappa shape index (κ3) is 1.67. The number of aromatic nitrogens is 2. The van der Waals surface area contributed by atoms with E-state index in [2.05, 4.69) is 5.10 Å². The average Bonchev–Trinajstić information content (AvgIpc) is 2.89. The minimum Gasteiger partial charge on any atom is -0.330 e. The summed E-state index contributed by atoms with van der Waals surface area (Å²) < 4.78 is 1.74. The van der Waals surface area contributed by atoms with Gasteiger partial charge in [-0.05, 0) is 32.2 Å². The van der Waals surface area contributed by atoms with Gasteiger partial charge in [-0.25, -0.2) is 4.68 Å². The van der Waals surface area contributed by atoms with E-state index in [4.69, 9.17) is 5.73 Å². The van der Waals surface area contributed by atoms with Crippen LogP contribution in [0.15, 0.2) is 11.0 Å². The van der Waals surface area contributed by atoms with Gasteiger partial charge in [-0.1, -0.05) is 0 Å². The predicted octanol–water partition coefficient (Wildman–Crippen LogP) is 0.403. The van der Waals surface area contributed by atoms with Crippen LogP contribution in [0.2, 0.25) is 0 Å². The van der Waals surface area contributed by atoms with Gasteiger partial charge in [0.05, 0.1) is 6.04 Å². The largest absolute Gasteiger partial charge is 0.330 e. The minimum atomic E-state index is 0.149. The van der Waals surface area contributed by atoms with Crippen molar-refractivity contribution in [2.45, 2.75) is 31.7 Å². The zero-order valence-electron chi connectivity index (χ0n) is 7.62. The molecule has 1 heterocycles. The van der Waals surface area contributed by atoms with Gasteiger partial charge in [0, 0.05) is 11.8 Å². The Morgan fingerprint density at radius 2 is 2.38 bits per heavy atom. The summed E-state index contributed by atoms with van der Waals surface area (Å²) >= 11 is 0. The van der Waals surface area contributed by atoms with Crippen LogP contribution < -0.4 is 11.3 Å². The van der Waals surface area contributed by atoms with Gasteiger partial charge >= 0.3 is 0 Å². The van der Waals surface area contributed by atoms with Crippen LogP contribution in [0.1, 0.15) is 30.9 Å². The van der Waals surface area contributed by atoms with Crippen LogP contribution >= 0.6 is 0 Å². The fourth-order valence-electron chi connectivity index (χ4n) is 1.50. The smallest absolute Gasteiger partial charge is 0.269 e. The van der Waals surface area contributed by atoms with Crippen molar-refractivity contribution in [3.63, 3.8) is 0 Å². The molecule has 1 aliphatic rings. The molecule has 0 aliphatic heterocycles. The predicted molar refractivity (Wildman–Crippen MR) is 50.7 cm³/mol. The van der Waals surface area contributed by atoms with E-state index in [0.29, 0.717) is 12.6 Å². The van der Waals surface area contributed by atoms with Gasteiger partial charge in [0.1, 0.15) is 0 Å². The van der Waals surface area contributed by atoms with E-state index in [1.54, 1.807) is 4.68 Å². The number of hydrogen-bond donors (Lipinski definition) is 2. The van der Waals surface area contributed by atoms with Gasteiger partial charge in [0.25, 0.3) is 5.56 Å². The standard InChI is InChI=1S/C9H15N3O/c10-5-1-2-7-6-11-12(9(7)13)8-3-4-8/h6,8,11H,1-5,10H2. The summed E-state index contributed by atoms with van der Waals surface area (Å²) in [6.45, 7) is 0.647. The Kier molecular flexibility index (Phi) is 2.22. The first-order chi connectivity index (χ1) is 6.33. The highest BCUT2D eigenvalue weighted by Gasteiger charge is 2.26. The lowest BCUT2D eigenvalue weighted by molar-refractivity contribution is 0.618. The van der Waals surface area contributed by atoms with Crippen LogP contribution in [0.5, 0.6) is 0 Å². The third-order valence-electron chi connectivity index (χ3n) is 2.43. The second kappa shape index (κ2) is 3.38. The molecule has 0 aromatic carbocycles. The lowest BCUT2D eigenvalue weighted by Crippen LogP contribution is -2.18. The zero-order valence-corrected chi connectivity index (χ0v) is 7.62. The summed E-state index contributed by atoms with van der Waals surface area (Å²) in [5, 5.41) is 3.01. The SMILES string of the molecule is NCCCc1c[nH]n(C2CC2)c1=O. The van der Waals surface area contributed by atoms with E-state index in [1.165, 1.54) is 0 Å². The van der Waals surface area contributed by atoms with Gasteiger partial charge in [-0.2, -0.15) is 0 Å². The first kappa shape index (κ1) is 8.56. The highest BCUT2D eigenvalue weighted by atomic mass is 16.1. The van der Waals surface area contributed by atoms with Crippen molar-refractivity contribution in [2.75, 3.05) is 6.54 Å². The molecule has 1 saturated carbocycles. The Balaban J connectivity index is 2.13. The van der Waals surface area contributed by atoms with Crippen LogP contribution in [0.25, 0.3) is 0 Å². The van der Waals surface area contributed by atoms with E-state index in [0.717, 1.165) is 31.2 Å². The van der Waals surface area contributed by atoms with Crippen molar-refractivity contribution in [1.82, 2.24) is 9.78 Å². The number of H-pyrrole nitrogens is 1. The molecule has 1 aliphatic carbocycles. The summed E-state index contributed by atoms with van der Waals surface area (Å²) in [7, 11) is 0. The molecular formula is C9H15N3O. The van der Waals surface area contributed by atoms with E-state index in [-0.39, 0.29) is 5.56 Å². The monoisotopic (exact) mass is 181 g/mol. The Bertz CT molecular complexity index is 335. The van der Waals surface area contributed by atoms with Crippen molar-refractivity contribution in [1.29, 1.82) is 0 Å². The molecular weight excluding hydrogens is 166 g/mol.